The summed E-state index contributed by atoms with van der Waals surface area (Å²) in [6.07, 6.45) is 0. The van der Waals surface area contributed by atoms with Crippen LogP contribution in [0.2, 0.25) is 0 Å². The molecule has 3 aromatic rings. The fraction of sp³-hybridized carbons (Fsp3) is 0.0526. The summed E-state index contributed by atoms with van der Waals surface area (Å²) in [6, 6.07) is 16.0. The van der Waals surface area contributed by atoms with E-state index in [1.54, 1.807) is 30.3 Å². The zero-order valence-corrected chi connectivity index (χ0v) is 14.4. The van der Waals surface area contributed by atoms with Crippen molar-refractivity contribution in [3.63, 3.8) is 0 Å². The standard InChI is InChI=1S/C19H16N4O4/c1-27-15-11-16(24)23(14-5-3-2-4-6-14)22-17(15)19(26)21-13-9-7-12(8-10-13)18(20)25/h2-11H,1H3,(H2,20,25)(H,21,26). The lowest BCUT2D eigenvalue weighted by Gasteiger charge is -2.11. The highest BCUT2D eigenvalue weighted by Gasteiger charge is 2.18. The Balaban J connectivity index is 1.95. The Bertz CT molecular complexity index is 1040. The van der Waals surface area contributed by atoms with Gasteiger partial charge in [0.05, 0.1) is 18.9 Å². The zero-order chi connectivity index (χ0) is 19.4. The molecule has 0 aliphatic rings. The van der Waals surface area contributed by atoms with E-state index in [1.165, 1.54) is 37.4 Å². The van der Waals surface area contributed by atoms with E-state index in [0.29, 0.717) is 16.9 Å². The molecule has 2 amide bonds. The first-order valence-corrected chi connectivity index (χ1v) is 7.94. The van der Waals surface area contributed by atoms with Gasteiger partial charge in [-0.15, -0.1) is 0 Å². The van der Waals surface area contributed by atoms with Crippen molar-refractivity contribution >= 4 is 17.5 Å². The third-order valence-corrected chi connectivity index (χ3v) is 3.76. The molecule has 0 atom stereocenters. The first-order chi connectivity index (χ1) is 13.0. The summed E-state index contributed by atoms with van der Waals surface area (Å²) in [5.41, 5.74) is 5.98. The molecule has 0 aliphatic heterocycles. The molecule has 8 heteroatoms. The number of amides is 2. The highest BCUT2D eigenvalue weighted by Crippen LogP contribution is 2.17. The monoisotopic (exact) mass is 364 g/mol. The minimum absolute atomic E-state index is 0.0541. The van der Waals surface area contributed by atoms with E-state index in [0.717, 1.165) is 4.68 Å². The molecule has 2 aromatic carbocycles. The second-order valence-electron chi connectivity index (χ2n) is 5.54. The molecule has 1 aromatic heterocycles. The lowest BCUT2D eigenvalue weighted by atomic mass is 10.2. The van der Waals surface area contributed by atoms with Crippen LogP contribution in [0.4, 0.5) is 5.69 Å². The molecule has 0 radical (unpaired) electrons. The molecule has 8 nitrogen and oxygen atoms in total. The number of ether oxygens (including phenoxy) is 1. The maximum absolute atomic E-state index is 12.6. The summed E-state index contributed by atoms with van der Waals surface area (Å²) in [4.78, 5) is 36.0. The first-order valence-electron chi connectivity index (χ1n) is 7.94. The summed E-state index contributed by atoms with van der Waals surface area (Å²) in [6.45, 7) is 0. The summed E-state index contributed by atoms with van der Waals surface area (Å²) < 4.78 is 6.25. The number of nitrogens with two attached hydrogens (primary N) is 1. The minimum Gasteiger partial charge on any atom is -0.494 e. The maximum atomic E-state index is 12.6. The number of carbonyl (C=O) groups is 2. The normalized spacial score (nSPS) is 10.3. The van der Waals surface area contributed by atoms with Crippen molar-refractivity contribution in [2.24, 2.45) is 5.73 Å². The van der Waals surface area contributed by atoms with Crippen LogP contribution in [0.3, 0.4) is 0 Å². The fourth-order valence-electron chi connectivity index (χ4n) is 2.42. The lowest BCUT2D eigenvalue weighted by molar-refractivity contribution is 0.0997. The van der Waals surface area contributed by atoms with E-state index in [9.17, 15) is 14.4 Å². The smallest absolute Gasteiger partial charge is 0.279 e. The van der Waals surface area contributed by atoms with E-state index in [4.69, 9.17) is 10.5 Å². The third-order valence-electron chi connectivity index (χ3n) is 3.76. The highest BCUT2D eigenvalue weighted by molar-refractivity contribution is 6.04. The number of nitrogens with one attached hydrogen (secondary N) is 1. The Morgan fingerprint density at radius 3 is 2.33 bits per heavy atom. The van der Waals surface area contributed by atoms with Crippen LogP contribution in [-0.4, -0.2) is 28.7 Å². The van der Waals surface area contributed by atoms with Crippen LogP contribution in [0, 0.1) is 0 Å². The number of benzene rings is 2. The number of aromatic nitrogens is 2. The molecular formula is C19H16N4O4. The number of anilines is 1. The molecule has 0 spiro atoms. The summed E-state index contributed by atoms with van der Waals surface area (Å²) in [5, 5.41) is 6.80. The van der Waals surface area contributed by atoms with Gasteiger partial charge in [-0.25, -0.2) is 0 Å². The predicted molar refractivity (Wildman–Crippen MR) is 99.3 cm³/mol. The average Bonchev–Trinajstić information content (AvgIpc) is 2.68. The van der Waals surface area contributed by atoms with E-state index in [1.807, 2.05) is 0 Å². The number of nitrogens with zero attached hydrogens (tertiary/aromatic N) is 2. The fourth-order valence-corrected chi connectivity index (χ4v) is 2.42. The molecule has 0 bridgehead atoms. The van der Waals surface area contributed by atoms with Gasteiger partial charge in [-0.2, -0.15) is 9.78 Å². The number of rotatable bonds is 5. The average molecular weight is 364 g/mol. The SMILES string of the molecule is COc1cc(=O)n(-c2ccccc2)nc1C(=O)Nc1ccc(C(N)=O)cc1. The van der Waals surface area contributed by atoms with Crippen molar-refractivity contribution in [1.29, 1.82) is 0 Å². The predicted octanol–water partition coefficient (Wildman–Crippen LogP) is 1.59. The number of hydrogen-bond acceptors (Lipinski definition) is 5. The summed E-state index contributed by atoms with van der Waals surface area (Å²) >= 11 is 0. The largest absolute Gasteiger partial charge is 0.494 e. The Hall–Kier alpha value is -3.94. The van der Waals surface area contributed by atoms with Crippen LogP contribution in [0.25, 0.3) is 5.69 Å². The summed E-state index contributed by atoms with van der Waals surface area (Å²) in [5.74, 6) is -1.08. The second-order valence-corrected chi connectivity index (χ2v) is 5.54. The Kier molecular flexibility index (Phi) is 4.98. The highest BCUT2D eigenvalue weighted by atomic mass is 16.5. The molecule has 0 fully saturated rings. The van der Waals surface area contributed by atoms with Crippen molar-refractivity contribution in [2.75, 3.05) is 12.4 Å². The van der Waals surface area contributed by atoms with E-state index < -0.39 is 17.4 Å². The molecule has 3 N–H and O–H groups in total. The molecule has 3 rings (SSSR count). The van der Waals surface area contributed by atoms with Crippen molar-refractivity contribution in [1.82, 2.24) is 9.78 Å². The molecular weight excluding hydrogens is 348 g/mol. The van der Waals surface area contributed by atoms with Gasteiger partial charge in [0.2, 0.25) is 5.91 Å². The Labute approximate surface area is 154 Å². The molecule has 1 heterocycles. The van der Waals surface area contributed by atoms with Gasteiger partial charge < -0.3 is 15.8 Å². The second kappa shape index (κ2) is 7.52. The topological polar surface area (TPSA) is 116 Å². The van der Waals surface area contributed by atoms with E-state index >= 15 is 0 Å². The van der Waals surface area contributed by atoms with Gasteiger partial charge in [-0.05, 0) is 36.4 Å². The lowest BCUT2D eigenvalue weighted by Crippen LogP contribution is -2.26. The van der Waals surface area contributed by atoms with Crippen molar-refractivity contribution in [3.05, 3.63) is 82.3 Å². The number of methoxy groups -OCH3 is 1. The molecule has 136 valence electrons. The minimum atomic E-state index is -0.566. The van der Waals surface area contributed by atoms with Gasteiger partial charge in [0.1, 0.15) is 0 Å². The van der Waals surface area contributed by atoms with Gasteiger partial charge in [0.25, 0.3) is 11.5 Å². The molecule has 27 heavy (non-hydrogen) atoms. The van der Waals surface area contributed by atoms with Gasteiger partial charge in [0.15, 0.2) is 11.4 Å². The molecule has 0 unspecified atom stereocenters. The van der Waals surface area contributed by atoms with Gasteiger partial charge in [-0.1, -0.05) is 18.2 Å². The van der Waals surface area contributed by atoms with Crippen molar-refractivity contribution in [2.45, 2.75) is 0 Å². The number of primary amides is 1. The van der Waals surface area contributed by atoms with Crippen LogP contribution in [0.1, 0.15) is 20.8 Å². The Morgan fingerprint density at radius 2 is 1.74 bits per heavy atom. The van der Waals surface area contributed by atoms with Crippen molar-refractivity contribution in [3.8, 4) is 11.4 Å². The van der Waals surface area contributed by atoms with E-state index in [-0.39, 0.29) is 11.4 Å². The van der Waals surface area contributed by atoms with Gasteiger partial charge in [-0.3, -0.25) is 14.4 Å². The quantitative estimate of drug-likeness (QED) is 0.713. The third kappa shape index (κ3) is 3.84. The number of carbonyl (C=O) groups excluding carboxylic acids is 2. The van der Waals surface area contributed by atoms with Crippen LogP contribution < -0.4 is 21.3 Å². The molecule has 0 aliphatic carbocycles. The van der Waals surface area contributed by atoms with Crippen molar-refractivity contribution < 1.29 is 14.3 Å². The molecule has 0 saturated carbocycles. The maximum Gasteiger partial charge on any atom is 0.279 e. The van der Waals surface area contributed by atoms with Gasteiger partial charge in [0, 0.05) is 11.3 Å². The van der Waals surface area contributed by atoms with Crippen LogP contribution >= 0.6 is 0 Å². The van der Waals surface area contributed by atoms with Crippen LogP contribution in [-0.2, 0) is 0 Å². The zero-order valence-electron chi connectivity index (χ0n) is 14.4. The van der Waals surface area contributed by atoms with Crippen LogP contribution in [0.5, 0.6) is 5.75 Å². The Morgan fingerprint density at radius 1 is 1.07 bits per heavy atom. The van der Waals surface area contributed by atoms with Gasteiger partial charge >= 0.3 is 0 Å². The number of hydrogen-bond donors (Lipinski definition) is 2. The van der Waals surface area contributed by atoms with Crippen LogP contribution in [0.15, 0.2) is 65.5 Å². The number of para-hydroxylation sites is 1. The molecule has 0 saturated heterocycles. The first kappa shape index (κ1) is 17.9. The van der Waals surface area contributed by atoms with E-state index in [2.05, 4.69) is 10.4 Å². The summed E-state index contributed by atoms with van der Waals surface area (Å²) in [7, 11) is 1.35.